The zero-order valence-corrected chi connectivity index (χ0v) is 12.1. The van der Waals surface area contributed by atoms with E-state index in [9.17, 15) is 5.11 Å². The third-order valence-corrected chi connectivity index (χ3v) is 3.94. The molecule has 18 heavy (non-hydrogen) atoms. The molecule has 0 amide bonds. The van der Waals surface area contributed by atoms with Crippen LogP contribution in [0, 0.1) is 0 Å². The largest absolute Gasteiger partial charge is 0.392 e. The number of aliphatic hydroxyl groups is 1. The van der Waals surface area contributed by atoms with Crippen molar-refractivity contribution in [3.63, 3.8) is 0 Å². The summed E-state index contributed by atoms with van der Waals surface area (Å²) in [5.74, 6) is 0. The van der Waals surface area contributed by atoms with Crippen molar-refractivity contribution < 1.29 is 5.11 Å². The normalized spacial score (nSPS) is 10.7. The average Bonchev–Trinajstić information content (AvgIpc) is 2.35. The van der Waals surface area contributed by atoms with E-state index < -0.39 is 0 Å². The molecular formula is C13H8Cl4O. The third kappa shape index (κ3) is 2.76. The summed E-state index contributed by atoms with van der Waals surface area (Å²) in [6.45, 7) is -0.133. The van der Waals surface area contributed by atoms with E-state index in [0.29, 0.717) is 25.7 Å². The molecular weight excluding hydrogens is 314 g/mol. The molecule has 0 aromatic heterocycles. The molecule has 2 aromatic carbocycles. The lowest BCUT2D eigenvalue weighted by atomic mass is 10.0. The van der Waals surface area contributed by atoms with Crippen molar-refractivity contribution in [3.8, 4) is 11.1 Å². The maximum absolute atomic E-state index is 9.19. The minimum absolute atomic E-state index is 0.133. The molecule has 0 heterocycles. The van der Waals surface area contributed by atoms with Crippen LogP contribution in [-0.2, 0) is 6.61 Å². The molecule has 1 N–H and O–H groups in total. The van der Waals surface area contributed by atoms with Gasteiger partial charge in [0.05, 0.1) is 16.7 Å². The van der Waals surface area contributed by atoms with Gasteiger partial charge in [-0.15, -0.1) is 0 Å². The number of benzene rings is 2. The molecule has 0 saturated carbocycles. The average molecular weight is 322 g/mol. The van der Waals surface area contributed by atoms with Gasteiger partial charge in [0.25, 0.3) is 0 Å². The summed E-state index contributed by atoms with van der Waals surface area (Å²) in [5.41, 5.74) is 2.21. The highest BCUT2D eigenvalue weighted by Crippen LogP contribution is 2.36. The molecule has 0 atom stereocenters. The molecule has 5 heteroatoms. The SMILES string of the molecule is OCc1cc(-c2cc(Cl)c(Cl)cc2Cl)ccc1Cl. The molecule has 0 aliphatic carbocycles. The predicted molar refractivity (Wildman–Crippen MR) is 77.8 cm³/mol. The smallest absolute Gasteiger partial charge is 0.0696 e. The summed E-state index contributed by atoms with van der Waals surface area (Å²) in [6, 6.07) is 8.58. The maximum Gasteiger partial charge on any atom is 0.0696 e. The second kappa shape index (κ2) is 5.68. The van der Waals surface area contributed by atoms with E-state index in [-0.39, 0.29) is 6.61 Å². The number of hydrogen-bond acceptors (Lipinski definition) is 1. The summed E-state index contributed by atoms with van der Waals surface area (Å²) in [7, 11) is 0. The molecule has 0 spiro atoms. The standard InChI is InChI=1S/C13H8Cl4O/c14-10-2-1-7(3-8(10)6-18)9-4-12(16)13(17)5-11(9)15/h1-5,18H,6H2. The Labute approximate surface area is 125 Å². The monoisotopic (exact) mass is 320 g/mol. The molecule has 2 rings (SSSR count). The van der Waals surface area contributed by atoms with Crippen molar-refractivity contribution in [2.45, 2.75) is 6.61 Å². The fourth-order valence-electron chi connectivity index (χ4n) is 1.61. The third-order valence-electron chi connectivity index (χ3n) is 2.54. The summed E-state index contributed by atoms with van der Waals surface area (Å²) >= 11 is 23.9. The van der Waals surface area contributed by atoms with Crippen LogP contribution >= 0.6 is 46.4 Å². The van der Waals surface area contributed by atoms with Crippen LogP contribution < -0.4 is 0 Å². The van der Waals surface area contributed by atoms with Gasteiger partial charge in [0, 0.05) is 15.6 Å². The van der Waals surface area contributed by atoms with Gasteiger partial charge >= 0.3 is 0 Å². The first-order valence-corrected chi connectivity index (χ1v) is 6.58. The molecule has 0 aliphatic heterocycles. The van der Waals surface area contributed by atoms with Gasteiger partial charge < -0.3 is 5.11 Å². The van der Waals surface area contributed by atoms with Gasteiger partial charge in [-0.1, -0.05) is 52.5 Å². The van der Waals surface area contributed by atoms with Crippen LogP contribution in [0.3, 0.4) is 0 Å². The van der Waals surface area contributed by atoms with Gasteiger partial charge in [-0.3, -0.25) is 0 Å². The van der Waals surface area contributed by atoms with E-state index in [0.717, 1.165) is 11.1 Å². The van der Waals surface area contributed by atoms with E-state index >= 15 is 0 Å². The van der Waals surface area contributed by atoms with Crippen LogP contribution in [0.15, 0.2) is 30.3 Å². The molecule has 1 nitrogen and oxygen atoms in total. The molecule has 2 aromatic rings. The van der Waals surface area contributed by atoms with E-state index in [1.165, 1.54) is 0 Å². The maximum atomic E-state index is 9.19. The predicted octanol–water partition coefficient (Wildman–Crippen LogP) is 5.46. The lowest BCUT2D eigenvalue weighted by Gasteiger charge is -2.09. The summed E-state index contributed by atoms with van der Waals surface area (Å²) in [6.07, 6.45) is 0. The van der Waals surface area contributed by atoms with Crippen LogP contribution in [0.2, 0.25) is 20.1 Å². The zero-order valence-electron chi connectivity index (χ0n) is 9.05. The minimum Gasteiger partial charge on any atom is -0.392 e. The summed E-state index contributed by atoms with van der Waals surface area (Å²) < 4.78 is 0. The van der Waals surface area contributed by atoms with Crippen LogP contribution in [-0.4, -0.2) is 5.11 Å². The highest BCUT2D eigenvalue weighted by Gasteiger charge is 2.10. The second-order valence-electron chi connectivity index (χ2n) is 3.71. The number of rotatable bonds is 2. The fourth-order valence-corrected chi connectivity index (χ4v) is 2.44. The summed E-state index contributed by atoms with van der Waals surface area (Å²) in [4.78, 5) is 0. The molecule has 0 radical (unpaired) electrons. The Kier molecular flexibility index (Phi) is 4.41. The highest BCUT2D eigenvalue weighted by molar-refractivity contribution is 6.44. The Balaban J connectivity index is 2.58. The van der Waals surface area contributed by atoms with Gasteiger partial charge in [-0.05, 0) is 35.4 Å². The Hall–Kier alpha value is -0.440. The van der Waals surface area contributed by atoms with Gasteiger partial charge in [-0.2, -0.15) is 0 Å². The van der Waals surface area contributed by atoms with Crippen LogP contribution in [0.1, 0.15) is 5.56 Å². The number of hydrogen-bond donors (Lipinski definition) is 1. The van der Waals surface area contributed by atoms with Crippen molar-refractivity contribution in [3.05, 3.63) is 56.0 Å². The molecule has 0 saturated heterocycles. The van der Waals surface area contributed by atoms with Gasteiger partial charge in [-0.25, -0.2) is 0 Å². The van der Waals surface area contributed by atoms with Crippen molar-refractivity contribution in [1.82, 2.24) is 0 Å². The van der Waals surface area contributed by atoms with Gasteiger partial charge in [0.15, 0.2) is 0 Å². The molecule has 0 aliphatic rings. The Bertz CT molecular complexity index is 596. The van der Waals surface area contributed by atoms with E-state index in [1.54, 1.807) is 24.3 Å². The topological polar surface area (TPSA) is 20.2 Å². The minimum atomic E-state index is -0.133. The van der Waals surface area contributed by atoms with Crippen molar-refractivity contribution in [2.75, 3.05) is 0 Å². The van der Waals surface area contributed by atoms with Crippen LogP contribution in [0.5, 0.6) is 0 Å². The van der Waals surface area contributed by atoms with Crippen LogP contribution in [0.25, 0.3) is 11.1 Å². The molecule has 0 unspecified atom stereocenters. The highest BCUT2D eigenvalue weighted by atomic mass is 35.5. The van der Waals surface area contributed by atoms with Gasteiger partial charge in [0.2, 0.25) is 0 Å². The molecule has 0 fully saturated rings. The first-order valence-electron chi connectivity index (χ1n) is 5.07. The van der Waals surface area contributed by atoms with E-state index in [4.69, 9.17) is 46.4 Å². The molecule has 0 bridgehead atoms. The van der Waals surface area contributed by atoms with Crippen molar-refractivity contribution in [1.29, 1.82) is 0 Å². The Morgan fingerprint density at radius 2 is 1.44 bits per heavy atom. The van der Waals surface area contributed by atoms with Crippen LogP contribution in [0.4, 0.5) is 0 Å². The first-order chi connectivity index (χ1) is 8.52. The van der Waals surface area contributed by atoms with Crippen molar-refractivity contribution >= 4 is 46.4 Å². The van der Waals surface area contributed by atoms with E-state index in [1.807, 2.05) is 6.07 Å². The quantitative estimate of drug-likeness (QED) is 0.728. The number of halogens is 4. The Morgan fingerprint density at radius 3 is 2.11 bits per heavy atom. The zero-order chi connectivity index (χ0) is 13.3. The first kappa shape index (κ1) is 14.0. The fraction of sp³-hybridized carbons (Fsp3) is 0.0769. The number of aliphatic hydroxyl groups excluding tert-OH is 1. The summed E-state index contributed by atoms with van der Waals surface area (Å²) in [5, 5.41) is 11.0. The lowest BCUT2D eigenvalue weighted by molar-refractivity contribution is 0.282. The van der Waals surface area contributed by atoms with E-state index in [2.05, 4.69) is 0 Å². The second-order valence-corrected chi connectivity index (χ2v) is 5.34. The molecule has 94 valence electrons. The van der Waals surface area contributed by atoms with Gasteiger partial charge in [0.1, 0.15) is 0 Å². The van der Waals surface area contributed by atoms with Crippen molar-refractivity contribution in [2.24, 2.45) is 0 Å². The lowest BCUT2D eigenvalue weighted by Crippen LogP contribution is -1.88. The Morgan fingerprint density at radius 1 is 0.778 bits per heavy atom.